The zero-order valence-corrected chi connectivity index (χ0v) is 16.8. The summed E-state index contributed by atoms with van der Waals surface area (Å²) in [6, 6.07) is 19.2. The maximum Gasteiger partial charge on any atom is 0.328 e. The molecule has 0 unspecified atom stereocenters. The Balaban J connectivity index is 1.75. The van der Waals surface area contributed by atoms with Crippen molar-refractivity contribution in [1.29, 1.82) is 0 Å². The number of phenolic OH excluding ortho intramolecular Hbond substituents is 2. The molecule has 0 saturated carbocycles. The third-order valence-corrected chi connectivity index (χ3v) is 5.81. The van der Waals surface area contributed by atoms with E-state index in [1.165, 1.54) is 11.3 Å². The highest BCUT2D eigenvalue weighted by atomic mass is 32.1. The molecule has 1 aromatic heterocycles. The Kier molecular flexibility index (Phi) is 5.16. The Labute approximate surface area is 176 Å². The molecule has 6 heteroatoms. The first-order chi connectivity index (χ1) is 14.4. The van der Waals surface area contributed by atoms with E-state index >= 15 is 0 Å². The number of allylic oxidation sites excluding steroid dienone is 1. The molecule has 0 amide bonds. The van der Waals surface area contributed by atoms with E-state index in [2.05, 4.69) is 0 Å². The van der Waals surface area contributed by atoms with Crippen LogP contribution in [0.25, 0.3) is 26.1 Å². The number of rotatable bonds is 5. The van der Waals surface area contributed by atoms with E-state index in [1.807, 2.05) is 30.3 Å². The van der Waals surface area contributed by atoms with Gasteiger partial charge in [0, 0.05) is 16.2 Å². The van der Waals surface area contributed by atoms with Gasteiger partial charge in [-0.1, -0.05) is 12.1 Å². The zero-order valence-electron chi connectivity index (χ0n) is 16.0. The molecule has 150 valence electrons. The molecule has 5 nitrogen and oxygen atoms in total. The van der Waals surface area contributed by atoms with Crippen LogP contribution in [-0.2, 0) is 4.79 Å². The molecule has 3 N–H and O–H groups in total. The minimum absolute atomic E-state index is 0.178. The van der Waals surface area contributed by atoms with Gasteiger partial charge in [0.2, 0.25) is 0 Å². The number of carboxylic acid groups (broad SMARTS) is 1. The average molecular weight is 418 g/mol. The second-order valence-electron chi connectivity index (χ2n) is 6.78. The Morgan fingerprint density at radius 3 is 2.27 bits per heavy atom. The minimum atomic E-state index is -0.987. The molecular formula is C24H18O5S. The number of aliphatic carboxylic acids is 1. The number of fused-ring (bicyclic) bond motifs is 1. The SMILES string of the molecule is C/C(=C\C(=O)O)c1ccc(Oc2c(-c3ccc(O)cc3)sc3cc(O)ccc23)cc1. The van der Waals surface area contributed by atoms with E-state index in [9.17, 15) is 15.0 Å². The number of ether oxygens (including phenoxy) is 1. The van der Waals surface area contributed by atoms with Crippen LogP contribution in [0, 0.1) is 0 Å². The predicted octanol–water partition coefficient (Wildman–Crippen LogP) is 6.26. The van der Waals surface area contributed by atoms with Gasteiger partial charge >= 0.3 is 5.97 Å². The molecular weight excluding hydrogens is 400 g/mol. The maximum atomic E-state index is 10.9. The predicted molar refractivity (Wildman–Crippen MR) is 118 cm³/mol. The van der Waals surface area contributed by atoms with Crippen LogP contribution in [0.2, 0.25) is 0 Å². The van der Waals surface area contributed by atoms with Crippen molar-refractivity contribution >= 4 is 33.0 Å². The average Bonchev–Trinajstić information content (AvgIpc) is 3.06. The zero-order chi connectivity index (χ0) is 21.3. The number of carboxylic acids is 1. The van der Waals surface area contributed by atoms with E-state index in [1.54, 1.807) is 43.3 Å². The van der Waals surface area contributed by atoms with Crippen LogP contribution in [0.1, 0.15) is 12.5 Å². The molecule has 4 rings (SSSR count). The molecule has 0 radical (unpaired) electrons. The fourth-order valence-corrected chi connectivity index (χ4v) is 4.31. The molecule has 0 bridgehead atoms. The molecule has 0 aliphatic rings. The molecule has 3 aromatic carbocycles. The first-order valence-electron chi connectivity index (χ1n) is 9.15. The lowest BCUT2D eigenvalue weighted by Crippen LogP contribution is -1.90. The lowest BCUT2D eigenvalue weighted by atomic mass is 10.1. The van der Waals surface area contributed by atoms with E-state index in [-0.39, 0.29) is 11.5 Å². The lowest BCUT2D eigenvalue weighted by Gasteiger charge is -2.09. The molecule has 0 spiro atoms. The lowest BCUT2D eigenvalue weighted by molar-refractivity contribution is -0.131. The van der Waals surface area contributed by atoms with E-state index < -0.39 is 5.97 Å². The van der Waals surface area contributed by atoms with Crippen molar-refractivity contribution in [3.8, 4) is 33.4 Å². The van der Waals surface area contributed by atoms with Crippen molar-refractivity contribution in [2.45, 2.75) is 6.92 Å². The van der Waals surface area contributed by atoms with Crippen LogP contribution >= 0.6 is 11.3 Å². The number of phenols is 2. The van der Waals surface area contributed by atoms with Crippen molar-refractivity contribution in [1.82, 2.24) is 0 Å². The summed E-state index contributed by atoms with van der Waals surface area (Å²) in [6.07, 6.45) is 1.16. The van der Waals surface area contributed by atoms with Crippen molar-refractivity contribution in [2.75, 3.05) is 0 Å². The Morgan fingerprint density at radius 1 is 0.933 bits per heavy atom. The van der Waals surface area contributed by atoms with Crippen molar-refractivity contribution in [2.24, 2.45) is 0 Å². The maximum absolute atomic E-state index is 10.9. The summed E-state index contributed by atoms with van der Waals surface area (Å²) in [5.41, 5.74) is 2.33. The second-order valence-corrected chi connectivity index (χ2v) is 7.83. The van der Waals surface area contributed by atoms with Crippen LogP contribution in [0.3, 0.4) is 0 Å². The van der Waals surface area contributed by atoms with Gasteiger partial charge < -0.3 is 20.1 Å². The number of carbonyl (C=O) groups is 1. The van der Waals surface area contributed by atoms with Crippen molar-refractivity contribution < 1.29 is 24.9 Å². The third-order valence-electron chi connectivity index (χ3n) is 4.63. The van der Waals surface area contributed by atoms with Gasteiger partial charge in [-0.25, -0.2) is 4.79 Å². The number of hydrogen-bond donors (Lipinski definition) is 3. The minimum Gasteiger partial charge on any atom is -0.508 e. The smallest absolute Gasteiger partial charge is 0.328 e. The van der Waals surface area contributed by atoms with Crippen LogP contribution in [0.4, 0.5) is 0 Å². The van der Waals surface area contributed by atoms with Gasteiger partial charge in [-0.2, -0.15) is 0 Å². The molecule has 0 aliphatic carbocycles. The van der Waals surface area contributed by atoms with E-state index in [0.29, 0.717) is 17.1 Å². The second kappa shape index (κ2) is 7.93. The molecule has 0 atom stereocenters. The standard InChI is InChI=1S/C24H18O5S/c1-14(12-22(27)28)15-4-9-19(10-5-15)29-23-20-11-8-18(26)13-21(20)30-24(23)16-2-6-17(25)7-3-16/h2-13,25-26H,1H3,(H,27,28)/b14-12+. The first kappa shape index (κ1) is 19.5. The molecule has 0 aliphatic heterocycles. The summed E-state index contributed by atoms with van der Waals surface area (Å²) in [4.78, 5) is 11.7. The van der Waals surface area contributed by atoms with Gasteiger partial charge in [0.05, 0.1) is 4.88 Å². The Hall–Kier alpha value is -3.77. The number of thiophene rings is 1. The topological polar surface area (TPSA) is 87.0 Å². The van der Waals surface area contributed by atoms with Gasteiger partial charge in [0.1, 0.15) is 17.2 Å². The fourth-order valence-electron chi connectivity index (χ4n) is 3.14. The summed E-state index contributed by atoms with van der Waals surface area (Å²) < 4.78 is 7.11. The first-order valence-corrected chi connectivity index (χ1v) is 9.97. The van der Waals surface area contributed by atoms with Crippen molar-refractivity contribution in [3.05, 3.63) is 78.4 Å². The summed E-state index contributed by atoms with van der Waals surface area (Å²) >= 11 is 1.49. The fraction of sp³-hybridized carbons (Fsp3) is 0.0417. The number of aromatic hydroxyl groups is 2. The highest BCUT2D eigenvalue weighted by molar-refractivity contribution is 7.22. The molecule has 1 heterocycles. The third kappa shape index (κ3) is 3.99. The quantitative estimate of drug-likeness (QED) is 0.333. The Bertz CT molecular complexity index is 1250. The van der Waals surface area contributed by atoms with Gasteiger partial charge in [0.15, 0.2) is 5.75 Å². The number of benzene rings is 3. The van der Waals surface area contributed by atoms with E-state index in [0.717, 1.165) is 32.2 Å². The van der Waals surface area contributed by atoms with Crippen LogP contribution in [-0.4, -0.2) is 21.3 Å². The normalized spacial score (nSPS) is 11.6. The molecule has 30 heavy (non-hydrogen) atoms. The highest BCUT2D eigenvalue weighted by Gasteiger charge is 2.17. The van der Waals surface area contributed by atoms with Crippen LogP contribution in [0.15, 0.2) is 72.8 Å². The molecule has 0 saturated heterocycles. The summed E-state index contributed by atoms with van der Waals surface area (Å²) in [5.74, 6) is 0.637. The monoisotopic (exact) mass is 418 g/mol. The highest BCUT2D eigenvalue weighted by Crippen LogP contribution is 2.47. The van der Waals surface area contributed by atoms with Crippen LogP contribution in [0.5, 0.6) is 23.0 Å². The molecule has 4 aromatic rings. The van der Waals surface area contributed by atoms with E-state index in [4.69, 9.17) is 9.84 Å². The van der Waals surface area contributed by atoms with Crippen LogP contribution < -0.4 is 4.74 Å². The van der Waals surface area contributed by atoms with Gasteiger partial charge in [-0.15, -0.1) is 11.3 Å². The molecule has 0 fully saturated rings. The Morgan fingerprint density at radius 2 is 1.60 bits per heavy atom. The number of hydrogen-bond acceptors (Lipinski definition) is 5. The van der Waals surface area contributed by atoms with Gasteiger partial charge in [0.25, 0.3) is 0 Å². The largest absolute Gasteiger partial charge is 0.508 e. The summed E-state index contributed by atoms with van der Waals surface area (Å²) in [5, 5.41) is 29.2. The van der Waals surface area contributed by atoms with Gasteiger partial charge in [-0.3, -0.25) is 0 Å². The summed E-state index contributed by atoms with van der Waals surface area (Å²) in [7, 11) is 0. The van der Waals surface area contributed by atoms with Crippen molar-refractivity contribution in [3.63, 3.8) is 0 Å². The van der Waals surface area contributed by atoms with Gasteiger partial charge in [-0.05, 0) is 78.2 Å². The summed E-state index contributed by atoms with van der Waals surface area (Å²) in [6.45, 7) is 1.74.